The molecule has 0 aliphatic carbocycles. The highest BCUT2D eigenvalue weighted by molar-refractivity contribution is 5.52. The van der Waals surface area contributed by atoms with Crippen LogP contribution in [0, 0.1) is 0 Å². The lowest BCUT2D eigenvalue weighted by molar-refractivity contribution is 0.512. The van der Waals surface area contributed by atoms with Crippen LogP contribution in [0.15, 0.2) is 22.7 Å². The summed E-state index contributed by atoms with van der Waals surface area (Å²) in [4.78, 5) is 3.94. The molecule has 2 heterocycles. The number of nitrogens with zero attached hydrogens (tertiary/aromatic N) is 3. The Morgan fingerprint density at radius 2 is 2.21 bits per heavy atom. The van der Waals surface area contributed by atoms with E-state index < -0.39 is 0 Å². The molecule has 0 spiro atoms. The second-order valence-electron chi connectivity index (χ2n) is 2.83. The fraction of sp³-hybridized carbons (Fsp3) is 0.222. The quantitative estimate of drug-likeness (QED) is 0.771. The van der Waals surface area contributed by atoms with Crippen LogP contribution in [0.5, 0.6) is 0 Å². The highest BCUT2D eigenvalue weighted by atomic mass is 16.4. The van der Waals surface area contributed by atoms with E-state index in [2.05, 4.69) is 15.2 Å². The summed E-state index contributed by atoms with van der Waals surface area (Å²) in [5.74, 6) is 1.58. The summed E-state index contributed by atoms with van der Waals surface area (Å²) in [6.07, 6.45) is 2.34. The number of aromatic nitrogens is 3. The minimum Gasteiger partial charge on any atom is -0.421 e. The van der Waals surface area contributed by atoms with Gasteiger partial charge in [-0.2, -0.15) is 0 Å². The first-order valence-electron chi connectivity index (χ1n) is 4.34. The van der Waals surface area contributed by atoms with Gasteiger partial charge in [0.05, 0.1) is 5.56 Å². The van der Waals surface area contributed by atoms with Gasteiger partial charge in [-0.05, 0) is 12.1 Å². The van der Waals surface area contributed by atoms with Crippen molar-refractivity contribution < 1.29 is 4.42 Å². The second kappa shape index (κ2) is 3.45. The summed E-state index contributed by atoms with van der Waals surface area (Å²) in [5, 5.41) is 7.75. The van der Waals surface area contributed by atoms with Crippen LogP contribution in [0.25, 0.3) is 11.5 Å². The number of hydrogen-bond donors (Lipinski definition) is 1. The minimum atomic E-state index is 0.476. The molecule has 0 saturated heterocycles. The van der Waals surface area contributed by atoms with Crippen LogP contribution in [0.1, 0.15) is 12.8 Å². The average molecular weight is 190 g/mol. The molecule has 0 amide bonds. The third-order valence-corrected chi connectivity index (χ3v) is 1.80. The van der Waals surface area contributed by atoms with Crippen molar-refractivity contribution in [1.29, 1.82) is 0 Å². The van der Waals surface area contributed by atoms with Gasteiger partial charge in [0.1, 0.15) is 5.82 Å². The third kappa shape index (κ3) is 1.56. The molecule has 2 aromatic rings. The lowest BCUT2D eigenvalue weighted by atomic mass is 10.3. The van der Waals surface area contributed by atoms with Gasteiger partial charge in [-0.15, -0.1) is 10.2 Å². The largest absolute Gasteiger partial charge is 0.421 e. The Morgan fingerprint density at radius 3 is 2.79 bits per heavy atom. The van der Waals surface area contributed by atoms with E-state index in [1.807, 2.05) is 6.92 Å². The van der Waals surface area contributed by atoms with Crippen molar-refractivity contribution in [3.05, 3.63) is 24.2 Å². The summed E-state index contributed by atoms with van der Waals surface area (Å²) < 4.78 is 5.36. The van der Waals surface area contributed by atoms with Gasteiger partial charge in [-0.25, -0.2) is 4.98 Å². The number of rotatable bonds is 2. The fourth-order valence-corrected chi connectivity index (χ4v) is 1.04. The van der Waals surface area contributed by atoms with Gasteiger partial charge >= 0.3 is 0 Å². The molecule has 0 fully saturated rings. The Morgan fingerprint density at radius 1 is 1.36 bits per heavy atom. The van der Waals surface area contributed by atoms with Gasteiger partial charge in [0.2, 0.25) is 11.8 Å². The van der Waals surface area contributed by atoms with E-state index in [0.29, 0.717) is 17.6 Å². The third-order valence-electron chi connectivity index (χ3n) is 1.80. The first-order valence-corrected chi connectivity index (χ1v) is 4.34. The Labute approximate surface area is 81.0 Å². The molecule has 0 unspecified atom stereocenters. The van der Waals surface area contributed by atoms with Crippen LogP contribution in [0.2, 0.25) is 0 Å². The summed E-state index contributed by atoms with van der Waals surface area (Å²) in [7, 11) is 0. The van der Waals surface area contributed by atoms with Crippen molar-refractivity contribution >= 4 is 5.82 Å². The molecule has 2 aromatic heterocycles. The smallest absolute Gasteiger partial charge is 0.249 e. The monoisotopic (exact) mass is 190 g/mol. The molecule has 14 heavy (non-hydrogen) atoms. The molecular weight excluding hydrogens is 180 g/mol. The van der Waals surface area contributed by atoms with E-state index >= 15 is 0 Å². The maximum atomic E-state index is 5.46. The molecule has 2 rings (SSSR count). The predicted octanol–water partition coefficient (Wildman–Crippen LogP) is 1.28. The topological polar surface area (TPSA) is 77.8 Å². The number of pyridine rings is 1. The molecule has 0 bridgehead atoms. The number of anilines is 1. The van der Waals surface area contributed by atoms with Gasteiger partial charge in [0, 0.05) is 12.6 Å². The molecule has 0 aliphatic rings. The molecule has 2 N–H and O–H groups in total. The summed E-state index contributed by atoms with van der Waals surface area (Å²) in [6, 6.07) is 3.50. The van der Waals surface area contributed by atoms with Crippen LogP contribution < -0.4 is 5.73 Å². The van der Waals surface area contributed by atoms with Gasteiger partial charge < -0.3 is 10.2 Å². The van der Waals surface area contributed by atoms with E-state index in [4.69, 9.17) is 10.2 Å². The maximum absolute atomic E-state index is 5.46. The van der Waals surface area contributed by atoms with Crippen molar-refractivity contribution in [3.8, 4) is 11.5 Å². The van der Waals surface area contributed by atoms with Crippen LogP contribution in [0.4, 0.5) is 5.82 Å². The summed E-state index contributed by atoms with van der Waals surface area (Å²) in [5.41, 5.74) is 6.24. The maximum Gasteiger partial charge on any atom is 0.249 e. The molecular formula is C9H10N4O. The Balaban J connectivity index is 2.34. The zero-order valence-electron chi connectivity index (χ0n) is 7.77. The first-order chi connectivity index (χ1) is 6.79. The van der Waals surface area contributed by atoms with E-state index in [0.717, 1.165) is 12.0 Å². The Bertz CT molecular complexity index is 421. The van der Waals surface area contributed by atoms with Crippen molar-refractivity contribution in [1.82, 2.24) is 15.2 Å². The standard InChI is InChI=1S/C9H10N4O/c1-2-8-12-13-9(14-8)6-3-4-7(10)11-5-6/h3-5H,2H2,1H3,(H2,10,11). The highest BCUT2D eigenvalue weighted by Crippen LogP contribution is 2.17. The Kier molecular flexibility index (Phi) is 2.14. The van der Waals surface area contributed by atoms with Gasteiger partial charge in [-0.3, -0.25) is 0 Å². The van der Waals surface area contributed by atoms with E-state index in [1.54, 1.807) is 18.3 Å². The zero-order chi connectivity index (χ0) is 9.97. The lowest BCUT2D eigenvalue weighted by Crippen LogP contribution is -1.88. The number of hydrogen-bond acceptors (Lipinski definition) is 5. The average Bonchev–Trinajstić information content (AvgIpc) is 2.67. The second-order valence-corrected chi connectivity index (χ2v) is 2.83. The van der Waals surface area contributed by atoms with Crippen molar-refractivity contribution in [2.24, 2.45) is 0 Å². The molecule has 5 nitrogen and oxygen atoms in total. The van der Waals surface area contributed by atoms with Crippen molar-refractivity contribution in [2.45, 2.75) is 13.3 Å². The van der Waals surface area contributed by atoms with Crippen molar-refractivity contribution in [2.75, 3.05) is 5.73 Å². The fourth-order valence-electron chi connectivity index (χ4n) is 1.04. The van der Waals surface area contributed by atoms with Crippen LogP contribution >= 0.6 is 0 Å². The number of nitrogen functional groups attached to an aromatic ring is 1. The van der Waals surface area contributed by atoms with Gasteiger partial charge in [-0.1, -0.05) is 6.92 Å². The van der Waals surface area contributed by atoms with Crippen LogP contribution in [-0.2, 0) is 6.42 Å². The van der Waals surface area contributed by atoms with E-state index in [9.17, 15) is 0 Å². The van der Waals surface area contributed by atoms with Gasteiger partial charge in [0.25, 0.3) is 0 Å². The lowest BCUT2D eigenvalue weighted by Gasteiger charge is -1.93. The normalized spacial score (nSPS) is 10.4. The molecule has 0 atom stereocenters. The summed E-state index contributed by atoms with van der Waals surface area (Å²) in [6.45, 7) is 1.96. The molecule has 0 aromatic carbocycles. The van der Waals surface area contributed by atoms with Crippen LogP contribution in [-0.4, -0.2) is 15.2 Å². The summed E-state index contributed by atoms with van der Waals surface area (Å²) >= 11 is 0. The molecule has 72 valence electrons. The van der Waals surface area contributed by atoms with Gasteiger partial charge in [0.15, 0.2) is 0 Å². The first kappa shape index (κ1) is 8.68. The highest BCUT2D eigenvalue weighted by Gasteiger charge is 2.06. The molecule has 0 radical (unpaired) electrons. The molecule has 0 aliphatic heterocycles. The van der Waals surface area contributed by atoms with Crippen molar-refractivity contribution in [3.63, 3.8) is 0 Å². The predicted molar refractivity (Wildman–Crippen MR) is 51.3 cm³/mol. The molecule has 5 heteroatoms. The zero-order valence-corrected chi connectivity index (χ0v) is 7.77. The van der Waals surface area contributed by atoms with E-state index in [1.165, 1.54) is 0 Å². The number of nitrogens with two attached hydrogens (primary N) is 1. The SMILES string of the molecule is CCc1nnc(-c2ccc(N)nc2)o1. The molecule has 0 saturated carbocycles. The van der Waals surface area contributed by atoms with Crippen LogP contribution in [0.3, 0.4) is 0 Å². The van der Waals surface area contributed by atoms with E-state index in [-0.39, 0.29) is 0 Å². The Hall–Kier alpha value is -1.91. The minimum absolute atomic E-state index is 0.476. The number of aryl methyl sites for hydroxylation is 1.